The summed E-state index contributed by atoms with van der Waals surface area (Å²) in [6.07, 6.45) is -0.0697. The van der Waals surface area contributed by atoms with Gasteiger partial charge < -0.3 is 31.5 Å². The first-order chi connectivity index (χ1) is 14.8. The quantitative estimate of drug-likeness (QED) is 0.215. The van der Waals surface area contributed by atoms with E-state index >= 15 is 0 Å². The molecule has 0 aliphatic carbocycles. The van der Waals surface area contributed by atoms with Gasteiger partial charge in [0.05, 0.1) is 0 Å². The van der Waals surface area contributed by atoms with Crippen LogP contribution in [0.15, 0.2) is 0 Å². The first-order valence-corrected chi connectivity index (χ1v) is 10.5. The summed E-state index contributed by atoms with van der Waals surface area (Å²) in [6, 6.07) is -4.41. The van der Waals surface area contributed by atoms with Crippen molar-refractivity contribution in [2.45, 2.75) is 77.5 Å². The Morgan fingerprint density at radius 1 is 0.938 bits per heavy atom. The van der Waals surface area contributed by atoms with Crippen molar-refractivity contribution in [1.82, 2.24) is 21.3 Å². The molecule has 1 saturated heterocycles. The summed E-state index contributed by atoms with van der Waals surface area (Å²) in [7, 11) is 0. The molecule has 0 saturated carbocycles. The lowest BCUT2D eigenvalue weighted by atomic mass is 10.0. The number of nitrogens with one attached hydrogen (secondary N) is 4. The van der Waals surface area contributed by atoms with Gasteiger partial charge in [0.1, 0.15) is 24.2 Å². The number of carboxylic acids is 2. The van der Waals surface area contributed by atoms with Gasteiger partial charge in [-0.2, -0.15) is 0 Å². The molecule has 32 heavy (non-hydrogen) atoms. The lowest BCUT2D eigenvalue weighted by Gasteiger charge is -2.24. The molecule has 0 unspecified atom stereocenters. The van der Waals surface area contributed by atoms with E-state index in [0.717, 1.165) is 0 Å². The lowest BCUT2D eigenvalue weighted by molar-refractivity contribution is -0.143. The Bertz CT molecular complexity index is 752. The van der Waals surface area contributed by atoms with Crippen molar-refractivity contribution in [1.29, 1.82) is 0 Å². The molecule has 1 heterocycles. The van der Waals surface area contributed by atoms with Crippen LogP contribution in [0.4, 0.5) is 0 Å². The molecule has 1 aliphatic rings. The molecule has 12 heteroatoms. The van der Waals surface area contributed by atoms with E-state index in [9.17, 15) is 39.0 Å². The predicted octanol–water partition coefficient (Wildman–Crippen LogP) is -1.02. The standard InChI is InChI=1S/C20H32N4O8/c1-9(2)15(19(29)30)23-14(26)8-6-12(18(28)24-16(10(3)4)20(31)32)22-17(27)11-5-7-13(25)21-11/h9-12,15-16H,5-8H2,1-4H3,(H,21,25)(H,22,27)(H,23,26)(H,24,28)(H,29,30)(H,31,32)/t11-,12-,15-,16-/m0/s1. The third kappa shape index (κ3) is 8.16. The molecule has 6 N–H and O–H groups in total. The second-order valence-electron chi connectivity index (χ2n) is 8.45. The molecular weight excluding hydrogens is 424 g/mol. The molecule has 1 rings (SSSR count). The van der Waals surface area contributed by atoms with E-state index < -0.39 is 59.7 Å². The molecule has 0 aromatic heterocycles. The van der Waals surface area contributed by atoms with Gasteiger partial charge >= 0.3 is 11.9 Å². The summed E-state index contributed by atoms with van der Waals surface area (Å²) in [5, 5.41) is 28.2. The number of carboxylic acid groups (broad SMARTS) is 2. The zero-order valence-electron chi connectivity index (χ0n) is 18.6. The third-order valence-electron chi connectivity index (χ3n) is 5.08. The van der Waals surface area contributed by atoms with Gasteiger partial charge in [0.2, 0.25) is 23.6 Å². The van der Waals surface area contributed by atoms with Crippen molar-refractivity contribution >= 4 is 35.6 Å². The first-order valence-electron chi connectivity index (χ1n) is 10.5. The largest absolute Gasteiger partial charge is 0.480 e. The van der Waals surface area contributed by atoms with Crippen LogP contribution in [0.2, 0.25) is 0 Å². The van der Waals surface area contributed by atoms with Crippen molar-refractivity contribution in [3.63, 3.8) is 0 Å². The number of carbonyl (C=O) groups is 6. The summed E-state index contributed by atoms with van der Waals surface area (Å²) in [6.45, 7) is 6.46. The number of hydrogen-bond donors (Lipinski definition) is 6. The maximum atomic E-state index is 12.7. The van der Waals surface area contributed by atoms with E-state index in [1.54, 1.807) is 27.7 Å². The number of hydrogen-bond acceptors (Lipinski definition) is 6. The van der Waals surface area contributed by atoms with Crippen LogP contribution in [0, 0.1) is 11.8 Å². The average Bonchev–Trinajstić information content (AvgIpc) is 3.12. The van der Waals surface area contributed by atoms with Gasteiger partial charge in [-0.3, -0.25) is 19.2 Å². The van der Waals surface area contributed by atoms with Crippen LogP contribution in [0.25, 0.3) is 0 Å². The molecule has 4 atom stereocenters. The summed E-state index contributed by atoms with van der Waals surface area (Å²) < 4.78 is 0. The Morgan fingerprint density at radius 2 is 1.47 bits per heavy atom. The van der Waals surface area contributed by atoms with Crippen LogP contribution in [0.3, 0.4) is 0 Å². The highest BCUT2D eigenvalue weighted by molar-refractivity contribution is 5.95. The van der Waals surface area contributed by atoms with Gasteiger partial charge in [-0.15, -0.1) is 0 Å². The zero-order valence-corrected chi connectivity index (χ0v) is 18.6. The molecule has 0 bridgehead atoms. The fraction of sp³-hybridized carbons (Fsp3) is 0.700. The second kappa shape index (κ2) is 12.0. The molecule has 0 aromatic carbocycles. The minimum Gasteiger partial charge on any atom is -0.480 e. The van der Waals surface area contributed by atoms with Crippen LogP contribution in [0.1, 0.15) is 53.4 Å². The van der Waals surface area contributed by atoms with Crippen molar-refractivity contribution in [3.05, 3.63) is 0 Å². The number of carbonyl (C=O) groups excluding carboxylic acids is 4. The summed E-state index contributed by atoms with van der Waals surface area (Å²) in [5.74, 6) is -5.62. The third-order valence-corrected chi connectivity index (χ3v) is 5.08. The average molecular weight is 456 g/mol. The SMILES string of the molecule is CC(C)[C@H](NC(=O)CC[C@H](NC(=O)[C@@H]1CCC(=O)N1)C(=O)N[C@H](C(=O)O)C(C)C)C(=O)O. The fourth-order valence-corrected chi connectivity index (χ4v) is 3.15. The molecule has 4 amide bonds. The van der Waals surface area contributed by atoms with Crippen molar-refractivity contribution in [2.75, 3.05) is 0 Å². The second-order valence-corrected chi connectivity index (χ2v) is 8.45. The van der Waals surface area contributed by atoms with Gasteiger partial charge in [-0.1, -0.05) is 27.7 Å². The zero-order chi connectivity index (χ0) is 24.6. The molecular formula is C20H32N4O8. The molecule has 180 valence electrons. The van der Waals surface area contributed by atoms with E-state index in [-0.39, 0.29) is 37.5 Å². The normalized spacial score (nSPS) is 18.4. The van der Waals surface area contributed by atoms with E-state index in [4.69, 9.17) is 0 Å². The smallest absolute Gasteiger partial charge is 0.326 e. The van der Waals surface area contributed by atoms with Crippen LogP contribution in [0.5, 0.6) is 0 Å². The first kappa shape index (κ1) is 26.9. The minimum atomic E-state index is -1.26. The maximum Gasteiger partial charge on any atom is 0.326 e. The monoisotopic (exact) mass is 456 g/mol. The predicted molar refractivity (Wildman–Crippen MR) is 111 cm³/mol. The van der Waals surface area contributed by atoms with Gasteiger partial charge in [0.15, 0.2) is 0 Å². The molecule has 0 spiro atoms. The Balaban J connectivity index is 2.88. The highest BCUT2D eigenvalue weighted by Crippen LogP contribution is 2.10. The van der Waals surface area contributed by atoms with E-state index in [1.165, 1.54) is 0 Å². The summed E-state index contributed by atoms with van der Waals surface area (Å²) in [5.41, 5.74) is 0. The lowest BCUT2D eigenvalue weighted by Crippen LogP contribution is -2.55. The molecule has 1 aliphatic heterocycles. The van der Waals surface area contributed by atoms with E-state index in [0.29, 0.717) is 0 Å². The van der Waals surface area contributed by atoms with Gasteiger partial charge in [-0.05, 0) is 24.7 Å². The van der Waals surface area contributed by atoms with E-state index in [1.807, 2.05) is 0 Å². The van der Waals surface area contributed by atoms with Crippen LogP contribution >= 0.6 is 0 Å². The highest BCUT2D eigenvalue weighted by Gasteiger charge is 2.33. The summed E-state index contributed by atoms with van der Waals surface area (Å²) in [4.78, 5) is 71.5. The van der Waals surface area contributed by atoms with Crippen molar-refractivity contribution in [3.8, 4) is 0 Å². The topological polar surface area (TPSA) is 191 Å². The molecule has 0 aromatic rings. The van der Waals surface area contributed by atoms with Crippen LogP contribution < -0.4 is 21.3 Å². The van der Waals surface area contributed by atoms with Crippen LogP contribution in [-0.4, -0.2) is 69.9 Å². The van der Waals surface area contributed by atoms with Crippen molar-refractivity contribution in [2.24, 2.45) is 11.8 Å². The van der Waals surface area contributed by atoms with Gasteiger partial charge in [0, 0.05) is 12.8 Å². The fourth-order valence-electron chi connectivity index (χ4n) is 3.15. The number of aliphatic carboxylic acids is 2. The van der Waals surface area contributed by atoms with Gasteiger partial charge in [-0.25, -0.2) is 9.59 Å². The Labute approximate surface area is 185 Å². The Kier molecular flexibility index (Phi) is 10.1. The Hall–Kier alpha value is -3.18. The minimum absolute atomic E-state index is 0.164. The van der Waals surface area contributed by atoms with Crippen LogP contribution in [-0.2, 0) is 28.8 Å². The molecule has 0 radical (unpaired) electrons. The van der Waals surface area contributed by atoms with Crippen molar-refractivity contribution < 1.29 is 39.0 Å². The van der Waals surface area contributed by atoms with Gasteiger partial charge in [0.25, 0.3) is 0 Å². The number of rotatable bonds is 12. The molecule has 12 nitrogen and oxygen atoms in total. The number of amides is 4. The van der Waals surface area contributed by atoms with E-state index in [2.05, 4.69) is 21.3 Å². The summed E-state index contributed by atoms with van der Waals surface area (Å²) >= 11 is 0. The maximum absolute atomic E-state index is 12.7. The highest BCUT2D eigenvalue weighted by atomic mass is 16.4. The Morgan fingerprint density at radius 3 is 1.91 bits per heavy atom. The molecule has 1 fully saturated rings.